The molecule has 5 heterocycles. The van der Waals surface area contributed by atoms with E-state index in [0.29, 0.717) is 11.5 Å². The van der Waals surface area contributed by atoms with Crippen LogP contribution in [0.4, 0.5) is 5.82 Å². The molecule has 6 nitrogen and oxygen atoms in total. The molecular weight excluding hydrogens is 368 g/mol. The highest BCUT2D eigenvalue weighted by atomic mass is 32.1. The molecule has 0 N–H and O–H groups in total. The molecule has 2 aliphatic rings. The number of hydrogen-bond acceptors (Lipinski definition) is 6. The van der Waals surface area contributed by atoms with Crippen molar-refractivity contribution in [3.63, 3.8) is 0 Å². The Labute approximate surface area is 170 Å². The Morgan fingerprint density at radius 2 is 2.07 bits per heavy atom. The molecule has 0 atom stereocenters. The van der Waals surface area contributed by atoms with Gasteiger partial charge >= 0.3 is 0 Å². The van der Waals surface area contributed by atoms with Gasteiger partial charge in [-0.3, -0.25) is 9.58 Å². The van der Waals surface area contributed by atoms with Crippen molar-refractivity contribution < 1.29 is 0 Å². The molecule has 7 heteroatoms. The van der Waals surface area contributed by atoms with E-state index in [4.69, 9.17) is 0 Å². The Hall–Kier alpha value is -1.99. The first kappa shape index (κ1) is 18.1. The fourth-order valence-corrected chi connectivity index (χ4v) is 5.64. The second-order valence-electron chi connectivity index (χ2n) is 8.72. The Morgan fingerprint density at radius 3 is 2.82 bits per heavy atom. The highest BCUT2D eigenvalue weighted by molar-refractivity contribution is 7.18. The van der Waals surface area contributed by atoms with Crippen molar-refractivity contribution in [2.24, 2.45) is 5.41 Å². The van der Waals surface area contributed by atoms with Crippen LogP contribution in [0.2, 0.25) is 0 Å². The van der Waals surface area contributed by atoms with Gasteiger partial charge in [0.05, 0.1) is 11.6 Å². The summed E-state index contributed by atoms with van der Waals surface area (Å²) in [6.07, 6.45) is 8.26. The van der Waals surface area contributed by atoms with E-state index < -0.39 is 0 Å². The van der Waals surface area contributed by atoms with Crippen LogP contribution in [-0.4, -0.2) is 50.8 Å². The lowest BCUT2D eigenvalue weighted by atomic mass is 9.79. The predicted molar refractivity (Wildman–Crippen MR) is 114 cm³/mol. The van der Waals surface area contributed by atoms with Crippen molar-refractivity contribution >= 4 is 27.4 Å². The molecule has 0 bridgehead atoms. The number of anilines is 1. The molecule has 2 fully saturated rings. The van der Waals surface area contributed by atoms with Crippen LogP contribution in [0.15, 0.2) is 24.8 Å². The predicted octanol–water partition coefficient (Wildman–Crippen LogP) is 3.74. The number of thiophene rings is 1. The average molecular weight is 397 g/mol. The standard InChI is InChI=1S/C21H28N6S/c1-4-17-7-18-19(22-14-23-20(18)28-17)26-6-5-21(13-26)11-25(12-21)9-16-8-24-27(10-16)15(2)3/h7-8,10,14-15H,4-6,9,11-13H2,1-3H3. The summed E-state index contributed by atoms with van der Waals surface area (Å²) in [6, 6.07) is 2.72. The summed E-state index contributed by atoms with van der Waals surface area (Å²) in [4.78, 5) is 16.7. The molecule has 2 aliphatic heterocycles. The van der Waals surface area contributed by atoms with Gasteiger partial charge in [-0.1, -0.05) is 6.92 Å². The average Bonchev–Trinajstić information content (AvgIpc) is 3.38. The Bertz CT molecular complexity index is 984. The van der Waals surface area contributed by atoms with Gasteiger partial charge in [-0.15, -0.1) is 11.3 Å². The van der Waals surface area contributed by atoms with E-state index >= 15 is 0 Å². The zero-order chi connectivity index (χ0) is 19.3. The van der Waals surface area contributed by atoms with E-state index in [0.717, 1.165) is 36.7 Å². The number of rotatable bonds is 5. The maximum Gasteiger partial charge on any atom is 0.140 e. The van der Waals surface area contributed by atoms with E-state index in [2.05, 4.69) is 57.9 Å². The molecule has 0 saturated carbocycles. The minimum atomic E-state index is 0.426. The number of likely N-dealkylation sites (tertiary alicyclic amines) is 1. The number of aryl methyl sites for hydroxylation is 1. The van der Waals surface area contributed by atoms with Gasteiger partial charge in [0.1, 0.15) is 17.0 Å². The summed E-state index contributed by atoms with van der Waals surface area (Å²) < 4.78 is 2.05. The zero-order valence-electron chi connectivity index (χ0n) is 16.9. The Balaban J connectivity index is 1.25. The fourth-order valence-electron chi connectivity index (χ4n) is 4.71. The molecule has 1 spiro atoms. The highest BCUT2D eigenvalue weighted by Crippen LogP contribution is 2.43. The quantitative estimate of drug-likeness (QED) is 0.657. The summed E-state index contributed by atoms with van der Waals surface area (Å²) >= 11 is 1.80. The molecule has 2 saturated heterocycles. The van der Waals surface area contributed by atoms with Gasteiger partial charge in [0.25, 0.3) is 0 Å². The maximum atomic E-state index is 4.66. The third-order valence-electron chi connectivity index (χ3n) is 6.15. The monoisotopic (exact) mass is 396 g/mol. The molecule has 0 radical (unpaired) electrons. The van der Waals surface area contributed by atoms with Crippen molar-refractivity contribution in [2.45, 2.75) is 46.2 Å². The summed E-state index contributed by atoms with van der Waals surface area (Å²) in [5.41, 5.74) is 1.75. The van der Waals surface area contributed by atoms with Gasteiger partial charge in [-0.05, 0) is 32.8 Å². The van der Waals surface area contributed by atoms with Crippen molar-refractivity contribution in [1.29, 1.82) is 0 Å². The number of aromatic nitrogens is 4. The minimum absolute atomic E-state index is 0.426. The molecule has 0 aliphatic carbocycles. The second kappa shape index (κ2) is 6.81. The van der Waals surface area contributed by atoms with E-state index in [1.807, 2.05) is 10.9 Å². The van der Waals surface area contributed by atoms with Crippen LogP contribution in [0, 0.1) is 5.41 Å². The fraction of sp³-hybridized carbons (Fsp3) is 0.571. The van der Waals surface area contributed by atoms with E-state index in [1.54, 1.807) is 17.7 Å². The number of fused-ring (bicyclic) bond motifs is 1. The van der Waals surface area contributed by atoms with Gasteiger partial charge in [0.15, 0.2) is 0 Å². The molecule has 28 heavy (non-hydrogen) atoms. The first-order chi connectivity index (χ1) is 13.5. The van der Waals surface area contributed by atoms with Gasteiger partial charge in [0.2, 0.25) is 0 Å². The Morgan fingerprint density at radius 1 is 1.21 bits per heavy atom. The van der Waals surface area contributed by atoms with Gasteiger partial charge in [-0.2, -0.15) is 5.10 Å². The number of hydrogen-bond donors (Lipinski definition) is 0. The lowest BCUT2D eigenvalue weighted by Crippen LogP contribution is -2.56. The van der Waals surface area contributed by atoms with Gasteiger partial charge in [-0.25, -0.2) is 9.97 Å². The van der Waals surface area contributed by atoms with Crippen molar-refractivity contribution in [2.75, 3.05) is 31.1 Å². The largest absolute Gasteiger partial charge is 0.355 e. The smallest absolute Gasteiger partial charge is 0.140 e. The lowest BCUT2D eigenvalue weighted by molar-refractivity contribution is 0.0116. The molecule has 148 valence electrons. The van der Waals surface area contributed by atoms with Crippen LogP contribution >= 0.6 is 11.3 Å². The van der Waals surface area contributed by atoms with E-state index in [9.17, 15) is 0 Å². The van der Waals surface area contributed by atoms with Crippen LogP contribution in [0.3, 0.4) is 0 Å². The molecule has 3 aromatic heterocycles. The first-order valence-electron chi connectivity index (χ1n) is 10.3. The molecule has 0 amide bonds. The summed E-state index contributed by atoms with van der Waals surface area (Å²) in [5.74, 6) is 1.13. The van der Waals surface area contributed by atoms with Crippen LogP contribution in [0.5, 0.6) is 0 Å². The summed E-state index contributed by atoms with van der Waals surface area (Å²) in [6.45, 7) is 12.1. The van der Waals surface area contributed by atoms with E-state index in [1.165, 1.54) is 35.3 Å². The summed E-state index contributed by atoms with van der Waals surface area (Å²) in [5, 5.41) is 5.71. The second-order valence-corrected chi connectivity index (χ2v) is 9.84. The van der Waals surface area contributed by atoms with Crippen molar-refractivity contribution in [3.8, 4) is 0 Å². The lowest BCUT2D eigenvalue weighted by Gasteiger charge is -2.48. The third kappa shape index (κ3) is 3.10. The van der Waals surface area contributed by atoms with Crippen LogP contribution in [0.25, 0.3) is 10.2 Å². The molecular formula is C21H28N6S. The number of nitrogens with zero attached hydrogens (tertiary/aromatic N) is 6. The SMILES string of the molecule is CCc1cc2c(N3CCC4(CN(Cc5cnn(C(C)C)c5)C4)C3)ncnc2s1. The Kier molecular flexibility index (Phi) is 4.39. The van der Waals surface area contributed by atoms with Crippen LogP contribution in [0.1, 0.15) is 43.7 Å². The van der Waals surface area contributed by atoms with Crippen molar-refractivity contribution in [3.05, 3.63) is 35.2 Å². The molecule has 0 unspecified atom stereocenters. The maximum absolute atomic E-state index is 4.66. The molecule has 5 rings (SSSR count). The van der Waals surface area contributed by atoms with Gasteiger partial charge < -0.3 is 4.90 Å². The van der Waals surface area contributed by atoms with Crippen molar-refractivity contribution in [1.82, 2.24) is 24.6 Å². The highest BCUT2D eigenvalue weighted by Gasteiger charge is 2.47. The molecule has 3 aromatic rings. The topological polar surface area (TPSA) is 50.1 Å². The first-order valence-corrected chi connectivity index (χ1v) is 11.1. The zero-order valence-corrected chi connectivity index (χ0v) is 17.7. The van der Waals surface area contributed by atoms with E-state index in [-0.39, 0.29) is 0 Å². The summed E-state index contributed by atoms with van der Waals surface area (Å²) in [7, 11) is 0. The minimum Gasteiger partial charge on any atom is -0.355 e. The molecule has 0 aromatic carbocycles. The third-order valence-corrected chi connectivity index (χ3v) is 7.34. The van der Waals surface area contributed by atoms with Crippen LogP contribution < -0.4 is 4.90 Å². The van der Waals surface area contributed by atoms with Crippen LogP contribution in [-0.2, 0) is 13.0 Å². The van der Waals surface area contributed by atoms with Gasteiger partial charge in [0, 0.05) is 60.8 Å². The normalized spacial score (nSPS) is 19.2.